The molecule has 0 bridgehead atoms. The SMILES string of the molecule is CN1/C(=C\C(=O)C[C@@H]2CCS(=O)(=O)C2)Sc2ccccc21. The number of rotatable bonds is 3. The zero-order valence-electron chi connectivity index (χ0n) is 11.8. The van der Waals surface area contributed by atoms with Crippen molar-refractivity contribution in [1.82, 2.24) is 0 Å². The topological polar surface area (TPSA) is 54.5 Å². The molecule has 2 aliphatic rings. The van der Waals surface area contributed by atoms with E-state index in [1.54, 1.807) is 17.8 Å². The van der Waals surface area contributed by atoms with Crippen LogP contribution in [0.2, 0.25) is 0 Å². The van der Waals surface area contributed by atoms with E-state index in [1.165, 1.54) is 0 Å². The molecule has 1 fully saturated rings. The first-order valence-corrected chi connectivity index (χ1v) is 9.54. The summed E-state index contributed by atoms with van der Waals surface area (Å²) in [5.74, 6) is 0.380. The Balaban J connectivity index is 1.68. The molecule has 1 aromatic rings. The number of carbonyl (C=O) groups excluding carboxylic acids is 1. The zero-order chi connectivity index (χ0) is 15.0. The molecule has 21 heavy (non-hydrogen) atoms. The molecule has 3 rings (SSSR count). The Morgan fingerprint density at radius 2 is 2.19 bits per heavy atom. The van der Waals surface area contributed by atoms with Crippen LogP contribution in [0.15, 0.2) is 40.3 Å². The van der Waals surface area contributed by atoms with E-state index < -0.39 is 9.84 Å². The molecule has 1 atom stereocenters. The predicted molar refractivity (Wildman–Crippen MR) is 85.2 cm³/mol. The fourth-order valence-corrected chi connectivity index (χ4v) is 5.73. The van der Waals surface area contributed by atoms with Gasteiger partial charge in [0.1, 0.15) is 0 Å². The molecule has 0 unspecified atom stereocenters. The first kappa shape index (κ1) is 14.7. The molecule has 4 nitrogen and oxygen atoms in total. The molecule has 0 aromatic heterocycles. The zero-order valence-corrected chi connectivity index (χ0v) is 13.4. The number of hydrogen-bond donors (Lipinski definition) is 0. The predicted octanol–water partition coefficient (Wildman–Crippen LogP) is 2.46. The second kappa shape index (κ2) is 5.50. The van der Waals surface area contributed by atoms with Gasteiger partial charge in [0, 0.05) is 24.4 Å². The lowest BCUT2D eigenvalue weighted by molar-refractivity contribution is -0.115. The third-order valence-electron chi connectivity index (χ3n) is 3.87. The Morgan fingerprint density at radius 1 is 1.43 bits per heavy atom. The van der Waals surface area contributed by atoms with E-state index in [4.69, 9.17) is 0 Å². The highest BCUT2D eigenvalue weighted by molar-refractivity contribution is 8.03. The molecule has 2 aliphatic heterocycles. The first-order valence-electron chi connectivity index (χ1n) is 6.90. The van der Waals surface area contributed by atoms with E-state index in [1.807, 2.05) is 36.2 Å². The number of nitrogens with zero attached hydrogens (tertiary/aromatic N) is 1. The van der Waals surface area contributed by atoms with Crippen LogP contribution in [0.1, 0.15) is 12.8 Å². The summed E-state index contributed by atoms with van der Waals surface area (Å²) in [6.07, 6.45) is 2.59. The van der Waals surface area contributed by atoms with Crippen LogP contribution in [0.3, 0.4) is 0 Å². The van der Waals surface area contributed by atoms with E-state index in [0.29, 0.717) is 12.8 Å². The minimum atomic E-state index is -2.91. The van der Waals surface area contributed by atoms with Gasteiger partial charge < -0.3 is 4.90 Å². The van der Waals surface area contributed by atoms with Crippen LogP contribution >= 0.6 is 11.8 Å². The van der Waals surface area contributed by atoms with Gasteiger partial charge in [-0.15, -0.1) is 0 Å². The molecule has 6 heteroatoms. The highest BCUT2D eigenvalue weighted by atomic mass is 32.2. The van der Waals surface area contributed by atoms with Gasteiger partial charge >= 0.3 is 0 Å². The van der Waals surface area contributed by atoms with Crippen molar-refractivity contribution in [2.45, 2.75) is 17.7 Å². The highest BCUT2D eigenvalue weighted by Crippen LogP contribution is 2.44. The smallest absolute Gasteiger partial charge is 0.158 e. The Hall–Kier alpha value is -1.27. The van der Waals surface area contributed by atoms with Crippen LogP contribution in [-0.2, 0) is 14.6 Å². The molecule has 112 valence electrons. The van der Waals surface area contributed by atoms with Crippen LogP contribution in [0, 0.1) is 5.92 Å². The number of hydrogen-bond acceptors (Lipinski definition) is 5. The number of anilines is 1. The van der Waals surface area contributed by atoms with Crippen molar-refractivity contribution in [3.05, 3.63) is 35.4 Å². The van der Waals surface area contributed by atoms with E-state index in [9.17, 15) is 13.2 Å². The molecule has 0 amide bonds. The van der Waals surface area contributed by atoms with Gasteiger partial charge in [0.15, 0.2) is 15.6 Å². The summed E-state index contributed by atoms with van der Waals surface area (Å²) in [5.41, 5.74) is 1.10. The minimum Gasteiger partial charge on any atom is -0.338 e. The quantitative estimate of drug-likeness (QED) is 0.800. The van der Waals surface area contributed by atoms with Crippen molar-refractivity contribution in [3.8, 4) is 0 Å². The van der Waals surface area contributed by atoms with Gasteiger partial charge in [0.2, 0.25) is 0 Å². The van der Waals surface area contributed by atoms with Crippen LogP contribution in [-0.4, -0.2) is 32.8 Å². The van der Waals surface area contributed by atoms with Gasteiger partial charge in [-0.05, 0) is 24.5 Å². The van der Waals surface area contributed by atoms with E-state index in [2.05, 4.69) is 0 Å². The monoisotopic (exact) mass is 323 g/mol. The molecule has 2 heterocycles. The van der Waals surface area contributed by atoms with Crippen LogP contribution in [0.5, 0.6) is 0 Å². The van der Waals surface area contributed by atoms with Crippen LogP contribution < -0.4 is 4.90 Å². The highest BCUT2D eigenvalue weighted by Gasteiger charge is 2.29. The lowest BCUT2D eigenvalue weighted by Crippen LogP contribution is -2.13. The molecule has 0 radical (unpaired) electrons. The Kier molecular flexibility index (Phi) is 3.84. The summed E-state index contributed by atoms with van der Waals surface area (Å²) in [5, 5.41) is 0.905. The summed E-state index contributed by atoms with van der Waals surface area (Å²) in [6.45, 7) is 0. The van der Waals surface area contributed by atoms with Gasteiger partial charge in [0.05, 0.1) is 22.2 Å². The van der Waals surface area contributed by atoms with Gasteiger partial charge in [-0.1, -0.05) is 23.9 Å². The normalized spacial score (nSPS) is 25.3. The number of allylic oxidation sites excluding steroid dienone is 1. The number of sulfone groups is 1. The molecule has 0 N–H and O–H groups in total. The van der Waals surface area contributed by atoms with Crippen molar-refractivity contribution < 1.29 is 13.2 Å². The summed E-state index contributed by atoms with van der Waals surface area (Å²) < 4.78 is 22.9. The summed E-state index contributed by atoms with van der Waals surface area (Å²) in [7, 11) is -0.969. The number of para-hydroxylation sites is 1. The van der Waals surface area contributed by atoms with Gasteiger partial charge in [0.25, 0.3) is 0 Å². The molecular formula is C15H17NO3S2. The van der Waals surface area contributed by atoms with Crippen molar-refractivity contribution in [2.24, 2.45) is 5.92 Å². The first-order chi connectivity index (χ1) is 9.94. The van der Waals surface area contributed by atoms with Crippen LogP contribution in [0.4, 0.5) is 5.69 Å². The maximum Gasteiger partial charge on any atom is 0.158 e. The average molecular weight is 323 g/mol. The number of carbonyl (C=O) groups is 1. The summed E-state index contributed by atoms with van der Waals surface area (Å²) in [4.78, 5) is 15.3. The second-order valence-corrected chi connectivity index (χ2v) is 8.84. The van der Waals surface area contributed by atoms with Crippen molar-refractivity contribution in [2.75, 3.05) is 23.5 Å². The third kappa shape index (κ3) is 3.16. The van der Waals surface area contributed by atoms with Gasteiger partial charge in [-0.25, -0.2) is 8.42 Å². The molecular weight excluding hydrogens is 306 g/mol. The lowest BCUT2D eigenvalue weighted by Gasteiger charge is -2.13. The molecule has 1 saturated heterocycles. The van der Waals surface area contributed by atoms with Crippen molar-refractivity contribution >= 4 is 33.1 Å². The summed E-state index contributed by atoms with van der Waals surface area (Å²) >= 11 is 1.58. The fraction of sp³-hybridized carbons (Fsp3) is 0.400. The molecule has 0 aliphatic carbocycles. The number of ketones is 1. The van der Waals surface area contributed by atoms with Gasteiger partial charge in [-0.3, -0.25) is 4.79 Å². The van der Waals surface area contributed by atoms with Crippen molar-refractivity contribution in [1.29, 1.82) is 0 Å². The van der Waals surface area contributed by atoms with E-state index in [-0.39, 0.29) is 23.2 Å². The minimum absolute atomic E-state index is 0.0132. The maximum atomic E-state index is 12.2. The second-order valence-electron chi connectivity index (χ2n) is 5.55. The van der Waals surface area contributed by atoms with E-state index in [0.717, 1.165) is 15.6 Å². The average Bonchev–Trinajstić information content (AvgIpc) is 2.91. The standard InChI is InChI=1S/C15H17NO3S2/c1-16-13-4-2-3-5-14(13)20-15(16)9-12(17)8-11-6-7-21(18,19)10-11/h2-5,9,11H,6-8,10H2,1H3/b15-9+/t11-/m0/s1. The Morgan fingerprint density at radius 3 is 2.86 bits per heavy atom. The Bertz CT molecular complexity index is 709. The molecule has 0 saturated carbocycles. The Labute approximate surface area is 129 Å². The largest absolute Gasteiger partial charge is 0.338 e. The number of fused-ring (bicyclic) bond motifs is 1. The fourth-order valence-electron chi connectivity index (χ4n) is 2.76. The van der Waals surface area contributed by atoms with Crippen LogP contribution in [0.25, 0.3) is 0 Å². The molecule has 0 spiro atoms. The lowest BCUT2D eigenvalue weighted by atomic mass is 10.0. The van der Waals surface area contributed by atoms with E-state index >= 15 is 0 Å². The van der Waals surface area contributed by atoms with Crippen molar-refractivity contribution in [3.63, 3.8) is 0 Å². The molecule has 1 aromatic carbocycles. The van der Waals surface area contributed by atoms with Gasteiger partial charge in [-0.2, -0.15) is 0 Å². The number of benzene rings is 1. The third-order valence-corrected chi connectivity index (χ3v) is 6.88. The number of thioether (sulfide) groups is 1. The summed E-state index contributed by atoms with van der Waals surface area (Å²) in [6, 6.07) is 8.01. The maximum absolute atomic E-state index is 12.2.